The van der Waals surface area contributed by atoms with Crippen molar-refractivity contribution in [3.63, 3.8) is 0 Å². The minimum Gasteiger partial charge on any atom is -0.445 e. The van der Waals surface area contributed by atoms with Gasteiger partial charge in [-0.1, -0.05) is 48.5 Å². The highest BCUT2D eigenvalue weighted by Crippen LogP contribution is 2.27. The lowest BCUT2D eigenvalue weighted by Gasteiger charge is -2.26. The van der Waals surface area contributed by atoms with E-state index in [9.17, 15) is 18.0 Å². The van der Waals surface area contributed by atoms with E-state index in [0.29, 0.717) is 25.2 Å². The Morgan fingerprint density at radius 2 is 1.85 bits per heavy atom. The van der Waals surface area contributed by atoms with Gasteiger partial charge in [-0.3, -0.25) is 9.08 Å². The molecule has 0 aromatic heterocycles. The fraction of sp³-hybridized carbons (Fsp3) is 0.333. The maximum atomic E-state index is 12.3. The number of hydrogen-bond donors (Lipinski definition) is 0. The smallest absolute Gasteiger partial charge is 0.414 e. The van der Waals surface area contributed by atoms with Crippen LogP contribution in [0.5, 0.6) is 0 Å². The monoisotopic (exact) mass is 486 g/mol. The lowest BCUT2D eigenvalue weighted by Crippen LogP contribution is -2.35. The minimum absolute atomic E-state index is 0.205. The van der Waals surface area contributed by atoms with Gasteiger partial charge in [0.2, 0.25) is 0 Å². The van der Waals surface area contributed by atoms with Crippen LogP contribution in [0.4, 0.5) is 15.3 Å². The summed E-state index contributed by atoms with van der Waals surface area (Å²) in [5, 5.41) is 0. The molecular weight excluding hydrogens is 460 g/mol. The Bertz CT molecular complexity index is 1160. The van der Waals surface area contributed by atoms with Gasteiger partial charge in [0.1, 0.15) is 19.3 Å². The molecule has 1 fully saturated rings. The van der Waals surface area contributed by atoms with Crippen molar-refractivity contribution in [2.24, 2.45) is 0 Å². The maximum absolute atomic E-state index is 12.3. The highest BCUT2D eigenvalue weighted by atomic mass is 32.2. The normalized spacial score (nSPS) is 18.4. The number of carbonyl (C=O) groups is 2. The van der Waals surface area contributed by atoms with Crippen molar-refractivity contribution in [2.75, 3.05) is 37.4 Å². The lowest BCUT2D eigenvalue weighted by atomic mass is 9.99. The Labute approximate surface area is 198 Å². The third-order valence-corrected chi connectivity index (χ3v) is 6.13. The van der Waals surface area contributed by atoms with Crippen LogP contribution in [0.15, 0.2) is 60.7 Å². The molecule has 2 aromatic rings. The van der Waals surface area contributed by atoms with E-state index >= 15 is 0 Å². The number of amides is 2. The van der Waals surface area contributed by atoms with Gasteiger partial charge in [-0.25, -0.2) is 9.59 Å². The van der Waals surface area contributed by atoms with E-state index in [4.69, 9.17) is 13.7 Å². The summed E-state index contributed by atoms with van der Waals surface area (Å²) in [5.74, 6) is 0. The Hall–Kier alpha value is -3.37. The van der Waals surface area contributed by atoms with Crippen molar-refractivity contribution in [3.05, 3.63) is 71.8 Å². The fourth-order valence-corrected chi connectivity index (χ4v) is 4.18. The Kier molecular flexibility index (Phi) is 7.18. The molecule has 0 unspecified atom stereocenters. The molecule has 9 nitrogen and oxygen atoms in total. The molecule has 2 heterocycles. The molecule has 180 valence electrons. The standard InChI is InChI=1S/C24H26N2O7S/c1-34(29,30)32-17-22-15-26(24(28)33-22)21-9-7-19(8-10-21)20-11-13-25(14-12-20)23(27)31-16-18-5-3-2-4-6-18/h2-11,22H,12-17H2,1H3/t22-/m1/s1. The van der Waals surface area contributed by atoms with E-state index < -0.39 is 22.3 Å². The molecule has 2 aliphatic heterocycles. The van der Waals surface area contributed by atoms with Gasteiger partial charge in [-0.15, -0.1) is 0 Å². The van der Waals surface area contributed by atoms with E-state index in [1.807, 2.05) is 60.7 Å². The lowest BCUT2D eigenvalue weighted by molar-refractivity contribution is 0.0998. The third-order valence-electron chi connectivity index (χ3n) is 5.56. The number of nitrogens with zero attached hydrogens (tertiary/aromatic N) is 2. The predicted molar refractivity (Wildman–Crippen MR) is 126 cm³/mol. The van der Waals surface area contributed by atoms with Crippen LogP contribution in [0.1, 0.15) is 17.5 Å². The van der Waals surface area contributed by atoms with Gasteiger partial charge < -0.3 is 14.4 Å². The van der Waals surface area contributed by atoms with Crippen LogP contribution in [0.25, 0.3) is 5.57 Å². The summed E-state index contributed by atoms with van der Waals surface area (Å²) < 4.78 is 37.6. The molecule has 0 N–H and O–H groups in total. The van der Waals surface area contributed by atoms with Crippen molar-refractivity contribution in [2.45, 2.75) is 19.1 Å². The zero-order chi connectivity index (χ0) is 24.1. The summed E-state index contributed by atoms with van der Waals surface area (Å²) in [7, 11) is -3.60. The molecule has 1 saturated heterocycles. The number of carbonyl (C=O) groups excluding carboxylic acids is 2. The molecule has 4 rings (SSSR count). The van der Waals surface area contributed by atoms with Gasteiger partial charge in [-0.05, 0) is 35.3 Å². The Morgan fingerprint density at radius 1 is 1.12 bits per heavy atom. The average molecular weight is 487 g/mol. The molecule has 0 bridgehead atoms. The largest absolute Gasteiger partial charge is 0.445 e. The summed E-state index contributed by atoms with van der Waals surface area (Å²) in [6.45, 7) is 1.26. The molecule has 1 atom stereocenters. The minimum atomic E-state index is -3.60. The van der Waals surface area contributed by atoms with Crippen LogP contribution in [0.3, 0.4) is 0 Å². The second-order valence-corrected chi connectivity index (χ2v) is 9.76. The first-order chi connectivity index (χ1) is 16.3. The molecule has 0 radical (unpaired) electrons. The number of ether oxygens (including phenoxy) is 2. The van der Waals surface area contributed by atoms with Crippen molar-refractivity contribution in [3.8, 4) is 0 Å². The van der Waals surface area contributed by atoms with Crippen molar-refractivity contribution in [1.82, 2.24) is 4.90 Å². The third kappa shape index (κ3) is 6.15. The molecule has 2 aromatic carbocycles. The highest BCUT2D eigenvalue weighted by molar-refractivity contribution is 7.85. The van der Waals surface area contributed by atoms with E-state index in [0.717, 1.165) is 23.0 Å². The summed E-state index contributed by atoms with van der Waals surface area (Å²) in [4.78, 5) is 27.6. The SMILES string of the molecule is CS(=O)(=O)OC[C@H]1CN(c2ccc(C3=CCN(C(=O)OCc4ccccc4)CC3)cc2)C(=O)O1. The van der Waals surface area contributed by atoms with Gasteiger partial charge >= 0.3 is 12.2 Å². The zero-order valence-corrected chi connectivity index (χ0v) is 19.6. The molecule has 0 spiro atoms. The van der Waals surface area contributed by atoms with Crippen molar-refractivity contribution >= 4 is 33.6 Å². The van der Waals surface area contributed by atoms with Gasteiger partial charge in [0.05, 0.1) is 12.8 Å². The molecular formula is C24H26N2O7S. The van der Waals surface area contributed by atoms with E-state index in [1.54, 1.807) is 4.90 Å². The number of hydrogen-bond acceptors (Lipinski definition) is 7. The van der Waals surface area contributed by atoms with Crippen LogP contribution >= 0.6 is 0 Å². The van der Waals surface area contributed by atoms with E-state index in [2.05, 4.69) is 0 Å². The summed E-state index contributed by atoms with van der Waals surface area (Å²) >= 11 is 0. The van der Waals surface area contributed by atoms with E-state index in [-0.39, 0.29) is 25.9 Å². The number of anilines is 1. The topological polar surface area (TPSA) is 102 Å². The Balaban J connectivity index is 1.30. The molecule has 0 aliphatic carbocycles. The Morgan fingerprint density at radius 3 is 2.50 bits per heavy atom. The quantitative estimate of drug-likeness (QED) is 0.553. The highest BCUT2D eigenvalue weighted by Gasteiger charge is 2.33. The van der Waals surface area contributed by atoms with Crippen LogP contribution in [-0.2, 0) is 30.4 Å². The average Bonchev–Trinajstić information content (AvgIpc) is 3.22. The fourth-order valence-electron chi connectivity index (χ4n) is 3.78. The molecule has 2 amide bonds. The van der Waals surface area contributed by atoms with Gasteiger partial charge in [0.25, 0.3) is 10.1 Å². The maximum Gasteiger partial charge on any atom is 0.414 e. The summed E-state index contributed by atoms with van der Waals surface area (Å²) in [5.41, 5.74) is 3.71. The van der Waals surface area contributed by atoms with Gasteiger partial charge in [-0.2, -0.15) is 8.42 Å². The molecule has 0 saturated carbocycles. The van der Waals surface area contributed by atoms with Gasteiger partial charge in [0.15, 0.2) is 0 Å². The van der Waals surface area contributed by atoms with E-state index in [1.165, 1.54) is 4.90 Å². The molecule has 2 aliphatic rings. The van der Waals surface area contributed by atoms with Crippen molar-refractivity contribution < 1.29 is 31.7 Å². The first kappa shape index (κ1) is 23.8. The second-order valence-electron chi connectivity index (χ2n) is 8.12. The van der Waals surface area contributed by atoms with Crippen molar-refractivity contribution in [1.29, 1.82) is 0 Å². The summed E-state index contributed by atoms with van der Waals surface area (Å²) in [6, 6.07) is 17.0. The molecule has 34 heavy (non-hydrogen) atoms. The number of cyclic esters (lactones) is 1. The predicted octanol–water partition coefficient (Wildman–Crippen LogP) is 3.41. The van der Waals surface area contributed by atoms with Crippen LogP contribution in [0, 0.1) is 0 Å². The van der Waals surface area contributed by atoms with Crippen LogP contribution < -0.4 is 4.90 Å². The van der Waals surface area contributed by atoms with Gasteiger partial charge in [0, 0.05) is 18.8 Å². The molecule has 10 heteroatoms. The second kappa shape index (κ2) is 10.3. The zero-order valence-electron chi connectivity index (χ0n) is 18.8. The van der Waals surface area contributed by atoms with Crippen LogP contribution in [0.2, 0.25) is 0 Å². The number of rotatable bonds is 7. The summed E-state index contributed by atoms with van der Waals surface area (Å²) in [6.07, 6.45) is 2.11. The number of benzene rings is 2. The van der Waals surface area contributed by atoms with Crippen LogP contribution in [-0.4, -0.2) is 64.1 Å². The first-order valence-corrected chi connectivity index (χ1v) is 12.7. The first-order valence-electron chi connectivity index (χ1n) is 10.9.